The fourth-order valence-electron chi connectivity index (χ4n) is 1.89. The lowest BCUT2D eigenvalue weighted by atomic mass is 10.0. The molecule has 1 heterocycles. The molecule has 0 fully saturated rings. The monoisotopic (exact) mass is 274 g/mol. The molecule has 0 amide bonds. The first-order chi connectivity index (χ1) is 9.56. The van der Waals surface area contributed by atoms with Gasteiger partial charge in [-0.1, -0.05) is 0 Å². The van der Waals surface area contributed by atoms with Crippen molar-refractivity contribution in [3.05, 3.63) is 36.0 Å². The number of methoxy groups -OCH3 is 2. The third-order valence-corrected chi connectivity index (χ3v) is 2.85. The number of carboxylic acid groups (broad SMARTS) is 1. The Bertz CT molecular complexity index is 656. The summed E-state index contributed by atoms with van der Waals surface area (Å²) < 4.78 is 10.4. The molecule has 0 saturated heterocycles. The molecule has 2 aromatic rings. The standard InChI is InChI=1S/C14H14N2O4/c1-19-8-3-4-12(20-2)9(5-8)11-7-16-13(15)6-10(11)14(17)18/h3-7H,1-2H3,(H2,15,16)(H,17,18). The van der Waals surface area contributed by atoms with E-state index in [0.29, 0.717) is 22.6 Å². The van der Waals surface area contributed by atoms with Gasteiger partial charge in [0.05, 0.1) is 19.8 Å². The molecule has 0 unspecified atom stereocenters. The molecular weight excluding hydrogens is 260 g/mol. The SMILES string of the molecule is COc1ccc(OC)c(-c2cnc(N)cc2C(=O)O)c1. The van der Waals surface area contributed by atoms with Crippen molar-refractivity contribution in [3.63, 3.8) is 0 Å². The Labute approximate surface area is 115 Å². The van der Waals surface area contributed by atoms with E-state index >= 15 is 0 Å². The van der Waals surface area contributed by atoms with Crippen molar-refractivity contribution >= 4 is 11.8 Å². The van der Waals surface area contributed by atoms with E-state index in [1.807, 2.05) is 0 Å². The van der Waals surface area contributed by atoms with Crippen LogP contribution in [0.1, 0.15) is 10.4 Å². The predicted octanol–water partition coefficient (Wildman–Crippen LogP) is 2.05. The maximum absolute atomic E-state index is 11.3. The van der Waals surface area contributed by atoms with E-state index in [1.165, 1.54) is 26.5 Å². The summed E-state index contributed by atoms with van der Waals surface area (Å²) in [6, 6.07) is 6.44. The number of hydrogen-bond donors (Lipinski definition) is 2. The number of pyridine rings is 1. The highest BCUT2D eigenvalue weighted by atomic mass is 16.5. The lowest BCUT2D eigenvalue weighted by Crippen LogP contribution is -2.03. The van der Waals surface area contributed by atoms with Crippen molar-refractivity contribution in [3.8, 4) is 22.6 Å². The van der Waals surface area contributed by atoms with Crippen LogP contribution in [0.15, 0.2) is 30.5 Å². The smallest absolute Gasteiger partial charge is 0.336 e. The molecular formula is C14H14N2O4. The predicted molar refractivity (Wildman–Crippen MR) is 74.1 cm³/mol. The molecule has 0 radical (unpaired) electrons. The van der Waals surface area contributed by atoms with E-state index in [4.69, 9.17) is 15.2 Å². The largest absolute Gasteiger partial charge is 0.497 e. The number of nitrogen functional groups attached to an aromatic ring is 1. The molecule has 3 N–H and O–H groups in total. The van der Waals surface area contributed by atoms with Crippen LogP contribution in [-0.4, -0.2) is 30.3 Å². The molecule has 104 valence electrons. The fourth-order valence-corrected chi connectivity index (χ4v) is 1.89. The van der Waals surface area contributed by atoms with Gasteiger partial charge >= 0.3 is 5.97 Å². The molecule has 0 aliphatic carbocycles. The molecule has 0 spiro atoms. The third kappa shape index (κ3) is 2.49. The first-order valence-electron chi connectivity index (χ1n) is 5.78. The highest BCUT2D eigenvalue weighted by Crippen LogP contribution is 2.35. The van der Waals surface area contributed by atoms with Crippen LogP contribution in [-0.2, 0) is 0 Å². The van der Waals surface area contributed by atoms with Gasteiger partial charge in [-0.05, 0) is 24.3 Å². The maximum atomic E-state index is 11.3. The summed E-state index contributed by atoms with van der Waals surface area (Å²) in [4.78, 5) is 15.3. The quantitative estimate of drug-likeness (QED) is 0.886. The van der Waals surface area contributed by atoms with E-state index in [2.05, 4.69) is 4.98 Å². The zero-order valence-electron chi connectivity index (χ0n) is 11.1. The first-order valence-corrected chi connectivity index (χ1v) is 5.78. The van der Waals surface area contributed by atoms with Crippen molar-refractivity contribution in [1.29, 1.82) is 0 Å². The van der Waals surface area contributed by atoms with Gasteiger partial charge < -0.3 is 20.3 Å². The molecule has 6 nitrogen and oxygen atoms in total. The summed E-state index contributed by atoms with van der Waals surface area (Å²) in [5.41, 5.74) is 6.60. The Hall–Kier alpha value is -2.76. The second-order valence-corrected chi connectivity index (χ2v) is 4.03. The van der Waals surface area contributed by atoms with Crippen molar-refractivity contribution < 1.29 is 19.4 Å². The zero-order chi connectivity index (χ0) is 14.7. The average Bonchev–Trinajstić information content (AvgIpc) is 2.46. The highest BCUT2D eigenvalue weighted by Gasteiger charge is 2.17. The van der Waals surface area contributed by atoms with Crippen molar-refractivity contribution in [2.45, 2.75) is 0 Å². The number of rotatable bonds is 4. The fraction of sp³-hybridized carbons (Fsp3) is 0.143. The normalized spacial score (nSPS) is 10.1. The Kier molecular flexibility index (Phi) is 3.74. The minimum absolute atomic E-state index is 0.0593. The van der Waals surface area contributed by atoms with E-state index in [1.54, 1.807) is 18.2 Å². The van der Waals surface area contributed by atoms with Crippen molar-refractivity contribution in [2.24, 2.45) is 0 Å². The van der Waals surface area contributed by atoms with Gasteiger partial charge in [-0.2, -0.15) is 0 Å². The van der Waals surface area contributed by atoms with Crippen LogP contribution < -0.4 is 15.2 Å². The number of nitrogens with zero attached hydrogens (tertiary/aromatic N) is 1. The van der Waals surface area contributed by atoms with E-state index in [-0.39, 0.29) is 11.4 Å². The van der Waals surface area contributed by atoms with Crippen LogP contribution >= 0.6 is 0 Å². The second-order valence-electron chi connectivity index (χ2n) is 4.03. The summed E-state index contributed by atoms with van der Waals surface area (Å²) in [6.07, 6.45) is 1.41. The Morgan fingerprint density at radius 3 is 2.55 bits per heavy atom. The van der Waals surface area contributed by atoms with Crippen LogP contribution in [0.3, 0.4) is 0 Å². The first kappa shape index (κ1) is 13.7. The van der Waals surface area contributed by atoms with E-state index < -0.39 is 5.97 Å². The van der Waals surface area contributed by atoms with Gasteiger partial charge in [0.2, 0.25) is 0 Å². The molecule has 0 saturated carbocycles. The number of hydrogen-bond acceptors (Lipinski definition) is 5. The summed E-state index contributed by atoms with van der Waals surface area (Å²) >= 11 is 0. The number of carboxylic acids is 1. The van der Waals surface area contributed by atoms with Gasteiger partial charge in [-0.25, -0.2) is 9.78 Å². The van der Waals surface area contributed by atoms with Gasteiger partial charge in [-0.15, -0.1) is 0 Å². The average molecular weight is 274 g/mol. The molecule has 0 aliphatic rings. The summed E-state index contributed by atoms with van der Waals surface area (Å²) in [5.74, 6) is 0.181. The maximum Gasteiger partial charge on any atom is 0.336 e. The van der Waals surface area contributed by atoms with Crippen LogP contribution in [0.5, 0.6) is 11.5 Å². The minimum Gasteiger partial charge on any atom is -0.497 e. The van der Waals surface area contributed by atoms with Crippen LogP contribution in [0.25, 0.3) is 11.1 Å². The Morgan fingerprint density at radius 2 is 1.95 bits per heavy atom. The van der Waals surface area contributed by atoms with Crippen LogP contribution in [0.4, 0.5) is 5.82 Å². The summed E-state index contributed by atoms with van der Waals surface area (Å²) in [6.45, 7) is 0. The molecule has 0 bridgehead atoms. The molecule has 6 heteroatoms. The third-order valence-electron chi connectivity index (χ3n) is 2.85. The lowest BCUT2D eigenvalue weighted by molar-refractivity contribution is 0.0697. The molecule has 0 atom stereocenters. The van der Waals surface area contributed by atoms with Gasteiger partial charge in [0.25, 0.3) is 0 Å². The highest BCUT2D eigenvalue weighted by molar-refractivity contribution is 5.97. The van der Waals surface area contributed by atoms with Gasteiger partial charge in [0.1, 0.15) is 17.3 Å². The number of carbonyl (C=O) groups is 1. The Morgan fingerprint density at radius 1 is 1.20 bits per heavy atom. The van der Waals surface area contributed by atoms with Crippen molar-refractivity contribution in [2.75, 3.05) is 20.0 Å². The molecule has 1 aromatic heterocycles. The molecule has 20 heavy (non-hydrogen) atoms. The van der Waals surface area contributed by atoms with Crippen LogP contribution in [0, 0.1) is 0 Å². The van der Waals surface area contributed by atoms with E-state index in [9.17, 15) is 9.90 Å². The van der Waals surface area contributed by atoms with Crippen LogP contribution in [0.2, 0.25) is 0 Å². The number of nitrogens with two attached hydrogens (primary N) is 1. The second kappa shape index (κ2) is 5.48. The van der Waals surface area contributed by atoms with E-state index in [0.717, 1.165) is 0 Å². The van der Waals surface area contributed by atoms with Gasteiger partial charge in [-0.3, -0.25) is 0 Å². The lowest BCUT2D eigenvalue weighted by Gasteiger charge is -2.12. The minimum atomic E-state index is -1.08. The number of aromatic carboxylic acids is 1. The zero-order valence-corrected chi connectivity index (χ0v) is 11.1. The summed E-state index contributed by atoms with van der Waals surface area (Å²) in [5, 5.41) is 9.29. The molecule has 2 rings (SSSR count). The van der Waals surface area contributed by atoms with Gasteiger partial charge in [0.15, 0.2) is 0 Å². The number of ether oxygens (including phenoxy) is 2. The molecule has 0 aliphatic heterocycles. The molecule has 1 aromatic carbocycles. The summed E-state index contributed by atoms with van der Waals surface area (Å²) in [7, 11) is 3.04. The number of anilines is 1. The Balaban J connectivity index is 2.69. The van der Waals surface area contributed by atoms with Gasteiger partial charge in [0, 0.05) is 17.3 Å². The topological polar surface area (TPSA) is 94.7 Å². The number of aromatic nitrogens is 1. The number of benzene rings is 1. The van der Waals surface area contributed by atoms with Crippen molar-refractivity contribution in [1.82, 2.24) is 4.98 Å².